The summed E-state index contributed by atoms with van der Waals surface area (Å²) in [4.78, 5) is 11.5. The largest absolute Gasteiger partial charge is 1.00 e. The zero-order chi connectivity index (χ0) is 10.2. The zero-order valence-electron chi connectivity index (χ0n) is 9.00. The summed E-state index contributed by atoms with van der Waals surface area (Å²) < 4.78 is 5.73. The van der Waals surface area contributed by atoms with Crippen LogP contribution in [-0.2, 0) is 9.53 Å². The van der Waals surface area contributed by atoms with Crippen molar-refractivity contribution >= 4 is 5.78 Å². The van der Waals surface area contributed by atoms with Crippen molar-refractivity contribution in [3.05, 3.63) is 24.1 Å². The fourth-order valence-corrected chi connectivity index (χ4v) is 1.13. The lowest BCUT2D eigenvalue weighted by molar-refractivity contribution is -0.838. The normalized spacial score (nSPS) is 19.7. The third-order valence-corrected chi connectivity index (χ3v) is 2.03. The van der Waals surface area contributed by atoms with Crippen LogP contribution in [-0.4, -0.2) is 37.5 Å². The Morgan fingerprint density at radius 2 is 2.00 bits per heavy atom. The minimum Gasteiger partial charge on any atom is -1.00 e. The number of ketones is 1. The van der Waals surface area contributed by atoms with E-state index in [1.54, 1.807) is 13.2 Å². The Morgan fingerprint density at radius 3 is 2.21 bits per heavy atom. The lowest BCUT2D eigenvalue weighted by Gasteiger charge is -2.35. The highest BCUT2D eigenvalue weighted by molar-refractivity contribution is 6.00. The van der Waals surface area contributed by atoms with Gasteiger partial charge < -0.3 is 17.1 Å². The Hall–Kier alpha value is -0.800. The summed E-state index contributed by atoms with van der Waals surface area (Å²) in [5.74, 6) is -0.0226. The lowest BCUT2D eigenvalue weighted by Crippen LogP contribution is -3.00. The molecule has 1 unspecified atom stereocenters. The van der Waals surface area contributed by atoms with Crippen LogP contribution < -0.4 is 12.4 Å². The zero-order valence-corrected chi connectivity index (χ0v) is 9.76. The molecule has 1 atom stereocenters. The number of carbonyl (C=O) groups excluding carboxylic acids is 1. The summed E-state index contributed by atoms with van der Waals surface area (Å²) in [6.07, 6.45) is 1.24. The molecule has 0 saturated heterocycles. The third-order valence-electron chi connectivity index (χ3n) is 2.03. The second-order valence-electron chi connectivity index (χ2n) is 4.22. The monoisotopic (exact) mass is 217 g/mol. The van der Waals surface area contributed by atoms with Crippen molar-refractivity contribution in [2.45, 2.75) is 13.0 Å². The molecule has 0 amide bonds. The van der Waals surface area contributed by atoms with Gasteiger partial charge in [-0.15, -0.1) is 0 Å². The van der Waals surface area contributed by atoms with Crippen LogP contribution in [0.4, 0.5) is 0 Å². The first-order valence-electron chi connectivity index (χ1n) is 4.21. The molecule has 1 rings (SSSR count). The molecule has 14 heavy (non-hydrogen) atoms. The lowest BCUT2D eigenvalue weighted by atomic mass is 10.0. The first kappa shape index (κ1) is 13.2. The van der Waals surface area contributed by atoms with Gasteiger partial charge in [0, 0.05) is 0 Å². The highest BCUT2D eigenvalue weighted by Crippen LogP contribution is 2.26. The fraction of sp³-hybridized carbons (Fsp3) is 0.500. The van der Waals surface area contributed by atoms with Crippen LogP contribution in [0.3, 0.4) is 0 Å². The van der Waals surface area contributed by atoms with Crippen molar-refractivity contribution in [1.29, 1.82) is 0 Å². The quantitative estimate of drug-likeness (QED) is 0.407. The number of Topliss-reactive ketones (excluding diaryl/α,β-unsaturated/α-hetero) is 1. The van der Waals surface area contributed by atoms with Crippen molar-refractivity contribution in [2.75, 3.05) is 21.1 Å². The maximum atomic E-state index is 11.5. The SMILES string of the molecule is C=C(C)C(=O)C1OC=C1[N+](C)(C)C.[Cl-]. The Labute approximate surface area is 91.0 Å². The second-order valence-corrected chi connectivity index (χ2v) is 4.22. The Kier molecular flexibility index (Phi) is 3.91. The van der Waals surface area contributed by atoms with E-state index in [0.717, 1.165) is 5.70 Å². The van der Waals surface area contributed by atoms with E-state index >= 15 is 0 Å². The van der Waals surface area contributed by atoms with E-state index in [0.29, 0.717) is 10.1 Å². The number of halogens is 1. The maximum absolute atomic E-state index is 11.5. The Balaban J connectivity index is 0.00000169. The van der Waals surface area contributed by atoms with E-state index in [4.69, 9.17) is 4.74 Å². The van der Waals surface area contributed by atoms with Crippen molar-refractivity contribution in [3.8, 4) is 0 Å². The number of hydrogen-bond acceptors (Lipinski definition) is 2. The van der Waals surface area contributed by atoms with Crippen molar-refractivity contribution in [1.82, 2.24) is 0 Å². The molecule has 1 aliphatic rings. The highest BCUT2D eigenvalue weighted by Gasteiger charge is 2.40. The summed E-state index contributed by atoms with van der Waals surface area (Å²) in [6, 6.07) is 0. The molecule has 1 aliphatic heterocycles. The molecule has 3 nitrogen and oxygen atoms in total. The molecule has 0 saturated carbocycles. The predicted octanol–water partition coefficient (Wildman–Crippen LogP) is -1.92. The van der Waals surface area contributed by atoms with Gasteiger partial charge in [0.25, 0.3) is 0 Å². The van der Waals surface area contributed by atoms with Gasteiger partial charge in [0.05, 0.1) is 21.1 Å². The van der Waals surface area contributed by atoms with Crippen LogP contribution >= 0.6 is 0 Å². The number of rotatable bonds is 3. The summed E-state index contributed by atoms with van der Waals surface area (Å²) in [5, 5.41) is 0. The molecule has 0 aromatic carbocycles. The summed E-state index contributed by atoms with van der Waals surface area (Å²) >= 11 is 0. The molecular formula is C10H16ClNO2. The van der Waals surface area contributed by atoms with Crippen molar-refractivity contribution in [2.24, 2.45) is 0 Å². The minimum absolute atomic E-state index is 0. The maximum Gasteiger partial charge on any atom is 0.236 e. The number of quaternary nitrogens is 1. The van der Waals surface area contributed by atoms with Gasteiger partial charge in [-0.25, -0.2) is 0 Å². The van der Waals surface area contributed by atoms with Gasteiger partial charge in [0.15, 0.2) is 5.70 Å². The smallest absolute Gasteiger partial charge is 0.236 e. The summed E-state index contributed by atoms with van der Waals surface area (Å²) in [5.41, 5.74) is 1.54. The van der Waals surface area contributed by atoms with Crippen molar-refractivity contribution < 1.29 is 26.4 Å². The number of ether oxygens (including phenoxy) is 1. The molecule has 0 bridgehead atoms. The van der Waals surface area contributed by atoms with Crippen LogP contribution in [0.25, 0.3) is 0 Å². The molecule has 0 aliphatic carbocycles. The van der Waals surface area contributed by atoms with E-state index < -0.39 is 6.10 Å². The molecule has 0 radical (unpaired) electrons. The van der Waals surface area contributed by atoms with Gasteiger partial charge in [-0.2, -0.15) is 0 Å². The van der Waals surface area contributed by atoms with Gasteiger partial charge in [-0.05, 0) is 12.5 Å². The highest BCUT2D eigenvalue weighted by atomic mass is 35.5. The van der Waals surface area contributed by atoms with Crippen molar-refractivity contribution in [3.63, 3.8) is 0 Å². The molecule has 0 aromatic rings. The fourth-order valence-electron chi connectivity index (χ4n) is 1.13. The molecule has 0 N–H and O–H groups in total. The predicted molar refractivity (Wildman–Crippen MR) is 50.8 cm³/mol. The van der Waals surface area contributed by atoms with Crippen LogP contribution in [0.5, 0.6) is 0 Å². The first-order chi connectivity index (χ1) is 5.84. The molecule has 0 spiro atoms. The summed E-state index contributed by atoms with van der Waals surface area (Å²) in [7, 11) is 6.02. The molecule has 1 heterocycles. The van der Waals surface area contributed by atoms with Crippen LogP contribution in [0, 0.1) is 0 Å². The number of carbonyl (C=O) groups is 1. The van der Waals surface area contributed by atoms with Crippen LogP contribution in [0.15, 0.2) is 24.1 Å². The summed E-state index contributed by atoms with van der Waals surface area (Å²) in [6.45, 7) is 5.32. The van der Waals surface area contributed by atoms with E-state index in [2.05, 4.69) is 6.58 Å². The first-order valence-corrected chi connectivity index (χ1v) is 4.21. The number of likely N-dealkylation sites (N-methyl/N-ethyl adjacent to an activating group) is 1. The van der Waals surface area contributed by atoms with Crippen LogP contribution in [0.1, 0.15) is 6.92 Å². The minimum atomic E-state index is -0.405. The van der Waals surface area contributed by atoms with Gasteiger partial charge >= 0.3 is 0 Å². The van der Waals surface area contributed by atoms with E-state index in [9.17, 15) is 4.79 Å². The number of nitrogens with zero attached hydrogens (tertiary/aromatic N) is 1. The third kappa shape index (κ3) is 2.36. The van der Waals surface area contributed by atoms with E-state index in [-0.39, 0.29) is 18.2 Å². The average molecular weight is 218 g/mol. The average Bonchev–Trinajstić information content (AvgIpc) is 1.79. The number of hydrogen-bond donors (Lipinski definition) is 0. The molecule has 0 aromatic heterocycles. The standard InChI is InChI=1S/C10H16NO2.ClH/c1-7(2)9(12)10-8(6-13-10)11(3,4)5;/h6,10H,1H2,2-5H3;1H/q+1;/p-1. The molecule has 0 fully saturated rings. The molecular weight excluding hydrogens is 202 g/mol. The Morgan fingerprint density at radius 1 is 1.50 bits per heavy atom. The topological polar surface area (TPSA) is 26.3 Å². The second kappa shape index (κ2) is 4.15. The van der Waals surface area contributed by atoms with E-state index in [1.165, 1.54) is 0 Å². The van der Waals surface area contributed by atoms with E-state index in [1.807, 2.05) is 21.1 Å². The molecule has 4 heteroatoms. The molecule has 80 valence electrons. The van der Waals surface area contributed by atoms with Gasteiger partial charge in [0.2, 0.25) is 11.9 Å². The Bertz CT molecular complexity index is 289. The van der Waals surface area contributed by atoms with Gasteiger partial charge in [-0.3, -0.25) is 9.28 Å². The van der Waals surface area contributed by atoms with Crippen LogP contribution in [0.2, 0.25) is 0 Å². The van der Waals surface area contributed by atoms with Gasteiger partial charge in [0.1, 0.15) is 6.26 Å². The van der Waals surface area contributed by atoms with Gasteiger partial charge in [-0.1, -0.05) is 6.58 Å².